The molecular weight excluding hydrogens is 312 g/mol. The molecule has 8 nitrogen and oxygen atoms in total. The van der Waals surface area contributed by atoms with Crippen molar-refractivity contribution >= 4 is 29.5 Å². The van der Waals surface area contributed by atoms with Crippen LogP contribution < -0.4 is 5.32 Å². The molecule has 116 valence electrons. The number of nitrogens with zero attached hydrogens (tertiary/aromatic N) is 3. The maximum Gasteiger partial charge on any atom is 0.433 e. The van der Waals surface area contributed by atoms with Crippen molar-refractivity contribution in [3.05, 3.63) is 51.0 Å². The zero-order chi connectivity index (χ0) is 16.1. The van der Waals surface area contributed by atoms with E-state index in [0.717, 1.165) is 0 Å². The predicted octanol–water partition coefficient (Wildman–Crippen LogP) is 2.39. The molecule has 0 aliphatic rings. The molecule has 1 amide bonds. The smallest absolute Gasteiger partial charge is 0.401 e. The molecule has 2 aromatic heterocycles. The summed E-state index contributed by atoms with van der Waals surface area (Å²) in [7, 11) is 0. The molecule has 2 heterocycles. The van der Waals surface area contributed by atoms with Gasteiger partial charge in [0, 0.05) is 18.8 Å². The van der Waals surface area contributed by atoms with Crippen LogP contribution in [0.1, 0.15) is 18.4 Å². The largest absolute Gasteiger partial charge is 0.433 e. The molecular formula is C13H13ClN4O4. The molecule has 0 aliphatic heterocycles. The molecule has 0 aromatic carbocycles. The first-order valence-corrected chi connectivity index (χ1v) is 6.79. The lowest BCUT2D eigenvalue weighted by Gasteiger charge is -1.99. The molecule has 0 fully saturated rings. The third-order valence-corrected chi connectivity index (χ3v) is 3.05. The number of amides is 1. The maximum atomic E-state index is 11.7. The van der Waals surface area contributed by atoms with E-state index in [1.54, 1.807) is 10.9 Å². The Hall–Kier alpha value is -2.61. The highest BCUT2D eigenvalue weighted by molar-refractivity contribution is 6.31. The first kappa shape index (κ1) is 15.8. The fraction of sp³-hybridized carbons (Fsp3) is 0.231. The minimum atomic E-state index is -0.649. The quantitative estimate of drug-likeness (QED) is 0.499. The van der Waals surface area contributed by atoms with Gasteiger partial charge in [0.2, 0.25) is 5.91 Å². The summed E-state index contributed by atoms with van der Waals surface area (Å²) in [5.41, 5.74) is 0.568. The fourth-order valence-corrected chi connectivity index (χ4v) is 1.85. The summed E-state index contributed by atoms with van der Waals surface area (Å²) in [5.74, 6) is -0.548. The average Bonchev–Trinajstić information content (AvgIpc) is 3.09. The van der Waals surface area contributed by atoms with Crippen molar-refractivity contribution < 1.29 is 14.1 Å². The average molecular weight is 325 g/mol. The fourth-order valence-electron chi connectivity index (χ4n) is 1.64. The molecule has 0 aliphatic carbocycles. The third-order valence-electron chi connectivity index (χ3n) is 2.73. The van der Waals surface area contributed by atoms with Crippen molar-refractivity contribution in [2.45, 2.75) is 20.0 Å². The van der Waals surface area contributed by atoms with Crippen LogP contribution in [0.3, 0.4) is 0 Å². The molecule has 0 spiro atoms. The summed E-state index contributed by atoms with van der Waals surface area (Å²) in [4.78, 5) is 21.5. The summed E-state index contributed by atoms with van der Waals surface area (Å²) in [5, 5.41) is 17.7. The number of aryl methyl sites for hydroxylation is 1. The van der Waals surface area contributed by atoms with Gasteiger partial charge < -0.3 is 9.73 Å². The van der Waals surface area contributed by atoms with Crippen LogP contribution in [0.5, 0.6) is 0 Å². The highest BCUT2D eigenvalue weighted by Crippen LogP contribution is 2.16. The Balaban J connectivity index is 1.90. The normalized spacial score (nSPS) is 11.0. The Morgan fingerprint density at radius 3 is 2.95 bits per heavy atom. The lowest BCUT2D eigenvalue weighted by atomic mass is 10.3. The summed E-state index contributed by atoms with van der Waals surface area (Å²) >= 11 is 5.98. The van der Waals surface area contributed by atoms with Crippen LogP contribution in [0.2, 0.25) is 5.02 Å². The maximum absolute atomic E-state index is 11.7. The van der Waals surface area contributed by atoms with E-state index >= 15 is 0 Å². The van der Waals surface area contributed by atoms with E-state index < -0.39 is 4.92 Å². The number of carbonyl (C=O) groups is 1. The molecule has 0 radical (unpaired) electrons. The molecule has 0 saturated carbocycles. The summed E-state index contributed by atoms with van der Waals surface area (Å²) < 4.78 is 6.56. The van der Waals surface area contributed by atoms with Gasteiger partial charge in [-0.3, -0.25) is 19.6 Å². The van der Waals surface area contributed by atoms with Gasteiger partial charge in [-0.05, 0) is 19.1 Å². The van der Waals surface area contributed by atoms with Crippen LogP contribution >= 0.6 is 11.6 Å². The monoisotopic (exact) mass is 324 g/mol. The summed E-state index contributed by atoms with van der Waals surface area (Å²) in [6, 6.07) is 2.62. The summed E-state index contributed by atoms with van der Waals surface area (Å²) in [6.07, 6.45) is 4.24. The van der Waals surface area contributed by atoms with E-state index in [2.05, 4.69) is 10.4 Å². The van der Waals surface area contributed by atoms with Crippen LogP contribution in [-0.4, -0.2) is 20.6 Å². The Kier molecular flexibility index (Phi) is 4.95. The van der Waals surface area contributed by atoms with Crippen LogP contribution in [0.15, 0.2) is 28.8 Å². The van der Waals surface area contributed by atoms with Crippen molar-refractivity contribution in [1.82, 2.24) is 15.1 Å². The van der Waals surface area contributed by atoms with Gasteiger partial charge in [0.1, 0.15) is 16.4 Å². The van der Waals surface area contributed by atoms with Crippen LogP contribution in [0.25, 0.3) is 6.08 Å². The van der Waals surface area contributed by atoms with E-state index in [9.17, 15) is 14.9 Å². The Morgan fingerprint density at radius 1 is 1.59 bits per heavy atom. The van der Waals surface area contributed by atoms with Crippen molar-refractivity contribution in [1.29, 1.82) is 0 Å². The van der Waals surface area contributed by atoms with E-state index in [4.69, 9.17) is 16.0 Å². The molecule has 0 saturated heterocycles. The number of carbonyl (C=O) groups excluding carboxylic acids is 1. The predicted molar refractivity (Wildman–Crippen MR) is 79.2 cm³/mol. The van der Waals surface area contributed by atoms with Gasteiger partial charge in [-0.15, -0.1) is 0 Å². The van der Waals surface area contributed by atoms with Crippen molar-refractivity contribution in [2.24, 2.45) is 0 Å². The number of aromatic nitrogens is 2. The molecule has 1 N–H and O–H groups in total. The van der Waals surface area contributed by atoms with Gasteiger partial charge in [0.25, 0.3) is 0 Å². The lowest BCUT2D eigenvalue weighted by molar-refractivity contribution is -0.402. The minimum Gasteiger partial charge on any atom is -0.401 e. The second kappa shape index (κ2) is 6.90. The number of furan rings is 1. The van der Waals surface area contributed by atoms with E-state index in [1.165, 1.54) is 24.3 Å². The number of hydrogen-bond acceptors (Lipinski definition) is 5. The first-order valence-electron chi connectivity index (χ1n) is 6.41. The molecule has 2 aromatic rings. The van der Waals surface area contributed by atoms with E-state index in [-0.39, 0.29) is 24.1 Å². The third kappa shape index (κ3) is 3.95. The Morgan fingerprint density at radius 2 is 2.36 bits per heavy atom. The number of nitro groups is 1. The highest BCUT2D eigenvalue weighted by atomic mass is 35.5. The Bertz CT molecular complexity index is 719. The van der Waals surface area contributed by atoms with Crippen molar-refractivity contribution in [3.8, 4) is 0 Å². The number of halogens is 1. The zero-order valence-corrected chi connectivity index (χ0v) is 12.4. The van der Waals surface area contributed by atoms with Crippen LogP contribution in [0, 0.1) is 10.1 Å². The number of rotatable bonds is 6. The number of nitrogens with one attached hydrogen (secondary N) is 1. The second-order valence-electron chi connectivity index (χ2n) is 4.26. The van der Waals surface area contributed by atoms with Gasteiger partial charge in [0.15, 0.2) is 0 Å². The molecule has 22 heavy (non-hydrogen) atoms. The van der Waals surface area contributed by atoms with Gasteiger partial charge in [-0.2, -0.15) is 5.10 Å². The minimum absolute atomic E-state index is 0.188. The Labute approximate surface area is 130 Å². The van der Waals surface area contributed by atoms with Crippen LogP contribution in [0.4, 0.5) is 5.88 Å². The first-order chi connectivity index (χ1) is 10.5. The second-order valence-corrected chi connectivity index (χ2v) is 4.67. The van der Waals surface area contributed by atoms with Gasteiger partial charge in [-0.1, -0.05) is 11.6 Å². The zero-order valence-electron chi connectivity index (χ0n) is 11.7. The van der Waals surface area contributed by atoms with Gasteiger partial charge in [0.05, 0.1) is 17.6 Å². The lowest BCUT2D eigenvalue weighted by Crippen LogP contribution is -2.20. The van der Waals surface area contributed by atoms with E-state index in [0.29, 0.717) is 17.3 Å². The van der Waals surface area contributed by atoms with Gasteiger partial charge >= 0.3 is 5.88 Å². The highest BCUT2D eigenvalue weighted by Gasteiger charge is 2.10. The topological polar surface area (TPSA) is 103 Å². The molecule has 9 heteroatoms. The van der Waals surface area contributed by atoms with Crippen molar-refractivity contribution in [3.63, 3.8) is 0 Å². The molecule has 0 atom stereocenters. The van der Waals surface area contributed by atoms with Gasteiger partial charge in [-0.25, -0.2) is 0 Å². The molecule has 2 rings (SSSR count). The molecule has 0 unspecified atom stereocenters. The summed E-state index contributed by atoms with van der Waals surface area (Å²) in [6.45, 7) is 2.80. The van der Waals surface area contributed by atoms with E-state index in [1.807, 2.05) is 6.92 Å². The van der Waals surface area contributed by atoms with Crippen molar-refractivity contribution in [2.75, 3.05) is 0 Å². The standard InChI is InChI=1S/C13H13ClN4O4/c1-2-17-8-10(14)11(16-17)7-15-12(19)5-3-9-4-6-13(22-9)18(20)21/h3-6,8H,2,7H2,1H3,(H,15,19)/b5-3+. The van der Waals surface area contributed by atoms with Crippen LogP contribution in [-0.2, 0) is 17.9 Å². The SMILES string of the molecule is CCn1cc(Cl)c(CNC(=O)/C=C/c2ccc([N+](=O)[O-])o2)n1. The number of hydrogen-bond donors (Lipinski definition) is 1. The molecule has 0 bridgehead atoms.